The predicted octanol–water partition coefficient (Wildman–Crippen LogP) is 4.44. The number of carbonyl (C=O) groups is 3. The van der Waals surface area contributed by atoms with Crippen LogP contribution >= 0.6 is 15.9 Å². The molecular formula is C20H30BrNO3. The zero-order chi connectivity index (χ0) is 19.4. The van der Waals surface area contributed by atoms with Crippen LogP contribution < -0.4 is 5.32 Å². The molecule has 0 spiro atoms. The molecule has 140 valence electrons. The SMILES string of the molecule is CC.CNC(=O)C(CCC=O)C(C)C(C)Cc1c(Br)cccc1C=O. The van der Waals surface area contributed by atoms with Crippen molar-refractivity contribution in [3.8, 4) is 0 Å². The summed E-state index contributed by atoms with van der Waals surface area (Å²) in [5, 5.41) is 2.69. The molecule has 25 heavy (non-hydrogen) atoms. The fourth-order valence-electron chi connectivity index (χ4n) is 2.87. The lowest BCUT2D eigenvalue weighted by atomic mass is 9.78. The molecular weight excluding hydrogens is 382 g/mol. The summed E-state index contributed by atoms with van der Waals surface area (Å²) < 4.78 is 0.908. The van der Waals surface area contributed by atoms with Gasteiger partial charge in [-0.2, -0.15) is 0 Å². The van der Waals surface area contributed by atoms with E-state index in [-0.39, 0.29) is 23.7 Å². The molecule has 1 aromatic rings. The van der Waals surface area contributed by atoms with Gasteiger partial charge in [-0.15, -0.1) is 0 Å². The molecule has 1 N–H and O–H groups in total. The second-order valence-electron chi connectivity index (χ2n) is 5.93. The van der Waals surface area contributed by atoms with Gasteiger partial charge in [0.15, 0.2) is 0 Å². The van der Waals surface area contributed by atoms with Crippen LogP contribution in [0.4, 0.5) is 0 Å². The minimum atomic E-state index is -0.206. The molecule has 1 amide bonds. The van der Waals surface area contributed by atoms with Crippen molar-refractivity contribution >= 4 is 34.4 Å². The van der Waals surface area contributed by atoms with Crippen LogP contribution in [0.1, 0.15) is 56.5 Å². The van der Waals surface area contributed by atoms with E-state index in [1.54, 1.807) is 13.1 Å². The maximum Gasteiger partial charge on any atom is 0.223 e. The van der Waals surface area contributed by atoms with Gasteiger partial charge in [0.05, 0.1) is 0 Å². The van der Waals surface area contributed by atoms with E-state index in [4.69, 9.17) is 0 Å². The number of hydrogen-bond donors (Lipinski definition) is 1. The molecule has 0 aromatic heterocycles. The highest BCUT2D eigenvalue weighted by Gasteiger charge is 2.28. The first kappa shape index (κ1) is 23.5. The molecule has 0 heterocycles. The van der Waals surface area contributed by atoms with Crippen molar-refractivity contribution in [2.24, 2.45) is 17.8 Å². The average Bonchev–Trinajstić information content (AvgIpc) is 2.64. The number of amides is 1. The minimum Gasteiger partial charge on any atom is -0.359 e. The lowest BCUT2D eigenvalue weighted by Gasteiger charge is -2.28. The molecule has 0 radical (unpaired) electrons. The Kier molecular flexibility index (Phi) is 12.0. The molecule has 0 aliphatic carbocycles. The fraction of sp³-hybridized carbons (Fsp3) is 0.550. The molecule has 0 saturated carbocycles. The van der Waals surface area contributed by atoms with E-state index in [1.165, 1.54) is 0 Å². The Morgan fingerprint density at radius 3 is 2.40 bits per heavy atom. The predicted molar refractivity (Wildman–Crippen MR) is 106 cm³/mol. The first-order valence-corrected chi connectivity index (χ1v) is 9.63. The monoisotopic (exact) mass is 411 g/mol. The Morgan fingerprint density at radius 2 is 1.88 bits per heavy atom. The van der Waals surface area contributed by atoms with Gasteiger partial charge in [-0.3, -0.25) is 9.59 Å². The van der Waals surface area contributed by atoms with Crippen LogP contribution in [0.5, 0.6) is 0 Å². The van der Waals surface area contributed by atoms with E-state index in [1.807, 2.05) is 32.9 Å². The number of halogens is 1. The second-order valence-corrected chi connectivity index (χ2v) is 6.79. The largest absolute Gasteiger partial charge is 0.359 e. The van der Waals surface area contributed by atoms with Gasteiger partial charge >= 0.3 is 0 Å². The van der Waals surface area contributed by atoms with Gasteiger partial charge < -0.3 is 10.1 Å². The summed E-state index contributed by atoms with van der Waals surface area (Å²) in [6, 6.07) is 5.55. The third kappa shape index (κ3) is 7.10. The van der Waals surface area contributed by atoms with E-state index in [0.717, 1.165) is 22.6 Å². The maximum absolute atomic E-state index is 12.1. The molecule has 0 saturated heterocycles. The number of hydrogen-bond acceptors (Lipinski definition) is 3. The number of rotatable bonds is 9. The molecule has 0 bridgehead atoms. The van der Waals surface area contributed by atoms with Crippen LogP contribution in [-0.2, 0) is 16.0 Å². The lowest BCUT2D eigenvalue weighted by molar-refractivity contribution is -0.127. The van der Waals surface area contributed by atoms with Gasteiger partial charge in [-0.1, -0.05) is 55.8 Å². The molecule has 0 fully saturated rings. The van der Waals surface area contributed by atoms with Gasteiger partial charge in [0.2, 0.25) is 5.91 Å². The van der Waals surface area contributed by atoms with Gasteiger partial charge in [0.25, 0.3) is 0 Å². The first-order valence-electron chi connectivity index (χ1n) is 8.84. The summed E-state index contributed by atoms with van der Waals surface area (Å²) in [7, 11) is 1.62. The third-order valence-corrected chi connectivity index (χ3v) is 5.26. The van der Waals surface area contributed by atoms with Crippen molar-refractivity contribution < 1.29 is 14.4 Å². The Labute approximate surface area is 159 Å². The third-order valence-electron chi connectivity index (χ3n) is 4.52. The molecule has 4 nitrogen and oxygen atoms in total. The Morgan fingerprint density at radius 1 is 1.24 bits per heavy atom. The summed E-state index contributed by atoms with van der Waals surface area (Å²) in [6.45, 7) is 8.11. The van der Waals surface area contributed by atoms with Gasteiger partial charge in [-0.05, 0) is 36.3 Å². The molecule has 3 unspecified atom stereocenters. The summed E-state index contributed by atoms with van der Waals surface area (Å²) in [5.74, 6) is 0.0548. The van der Waals surface area contributed by atoms with Gasteiger partial charge in [-0.25, -0.2) is 0 Å². The molecule has 3 atom stereocenters. The van der Waals surface area contributed by atoms with Crippen molar-refractivity contribution in [3.63, 3.8) is 0 Å². The number of carbonyl (C=O) groups excluding carboxylic acids is 3. The summed E-state index contributed by atoms with van der Waals surface area (Å²) >= 11 is 3.50. The van der Waals surface area contributed by atoms with E-state index in [9.17, 15) is 14.4 Å². The topological polar surface area (TPSA) is 63.2 Å². The van der Waals surface area contributed by atoms with Crippen LogP contribution in [0.25, 0.3) is 0 Å². The van der Waals surface area contributed by atoms with E-state index >= 15 is 0 Å². The van der Waals surface area contributed by atoms with Crippen LogP contribution in [-0.4, -0.2) is 25.5 Å². The molecule has 1 rings (SSSR count). The van der Waals surface area contributed by atoms with Gasteiger partial charge in [0, 0.05) is 29.4 Å². The second kappa shape index (κ2) is 12.8. The van der Waals surface area contributed by atoms with Crippen LogP contribution in [0.15, 0.2) is 22.7 Å². The van der Waals surface area contributed by atoms with Crippen molar-refractivity contribution in [3.05, 3.63) is 33.8 Å². The highest BCUT2D eigenvalue weighted by atomic mass is 79.9. The zero-order valence-electron chi connectivity index (χ0n) is 15.8. The van der Waals surface area contributed by atoms with E-state index in [2.05, 4.69) is 28.2 Å². The summed E-state index contributed by atoms with van der Waals surface area (Å²) in [4.78, 5) is 34.0. The summed E-state index contributed by atoms with van der Waals surface area (Å²) in [6.07, 6.45) is 3.34. The van der Waals surface area contributed by atoms with Gasteiger partial charge in [0.1, 0.15) is 12.6 Å². The van der Waals surface area contributed by atoms with Crippen LogP contribution in [0, 0.1) is 17.8 Å². The smallest absolute Gasteiger partial charge is 0.223 e. The van der Waals surface area contributed by atoms with Crippen LogP contribution in [0.3, 0.4) is 0 Å². The van der Waals surface area contributed by atoms with E-state index < -0.39 is 0 Å². The standard InChI is InChI=1S/C18H24BrNO3.C2H6/c1-12(10-16-14(11-22)6-4-8-17(16)19)13(2)15(7-5-9-21)18(23)20-3;1-2/h4,6,8-9,11-13,15H,5,7,10H2,1-3H3,(H,20,23);1-2H3. The molecule has 0 aliphatic heterocycles. The Hall–Kier alpha value is -1.49. The normalized spacial score (nSPS) is 13.7. The molecule has 5 heteroatoms. The van der Waals surface area contributed by atoms with Crippen molar-refractivity contribution in [1.82, 2.24) is 5.32 Å². The van der Waals surface area contributed by atoms with Crippen LogP contribution in [0.2, 0.25) is 0 Å². The highest BCUT2D eigenvalue weighted by molar-refractivity contribution is 9.10. The Balaban J connectivity index is 0.00000277. The number of nitrogens with one attached hydrogen (secondary N) is 1. The van der Waals surface area contributed by atoms with Crippen molar-refractivity contribution in [2.75, 3.05) is 7.05 Å². The summed E-state index contributed by atoms with van der Waals surface area (Å²) in [5.41, 5.74) is 1.63. The minimum absolute atomic E-state index is 0.0334. The Bertz CT molecular complexity index is 560. The number of benzene rings is 1. The first-order chi connectivity index (χ1) is 12.0. The highest BCUT2D eigenvalue weighted by Crippen LogP contribution is 2.30. The zero-order valence-corrected chi connectivity index (χ0v) is 17.4. The maximum atomic E-state index is 12.1. The molecule has 1 aromatic carbocycles. The number of aldehydes is 2. The molecule has 0 aliphatic rings. The van der Waals surface area contributed by atoms with Crippen molar-refractivity contribution in [1.29, 1.82) is 0 Å². The lowest BCUT2D eigenvalue weighted by Crippen LogP contribution is -2.35. The van der Waals surface area contributed by atoms with E-state index in [0.29, 0.717) is 24.8 Å². The fourth-order valence-corrected chi connectivity index (χ4v) is 3.41. The quantitative estimate of drug-likeness (QED) is 0.610. The average molecular weight is 412 g/mol. The van der Waals surface area contributed by atoms with Crippen molar-refractivity contribution in [2.45, 2.75) is 47.0 Å².